The van der Waals surface area contributed by atoms with Crippen molar-refractivity contribution in [2.75, 3.05) is 20.8 Å². The third-order valence-corrected chi connectivity index (χ3v) is 3.20. The monoisotopic (exact) mass is 386 g/mol. The van der Waals surface area contributed by atoms with Crippen LogP contribution < -0.4 is 0 Å². The molecule has 0 spiro atoms. The highest BCUT2D eigenvalue weighted by Crippen LogP contribution is 2.54. The molecule has 0 N–H and O–H groups in total. The minimum Gasteiger partial charge on any atom is -0.759 e. The van der Waals surface area contributed by atoms with Crippen molar-refractivity contribution in [3.63, 3.8) is 0 Å². The Hall–Kier alpha value is -0.640. The number of alkyl halides is 9. The zero-order chi connectivity index (χ0) is 18.9. The van der Waals surface area contributed by atoms with Gasteiger partial charge in [-0.15, -0.1) is 0 Å². The van der Waals surface area contributed by atoms with Crippen LogP contribution in [0, 0.1) is 0 Å². The Bertz CT molecular complexity index is 426. The zero-order valence-corrected chi connectivity index (χ0v) is 12.0. The minimum absolute atomic E-state index is 0.751. The largest absolute Gasteiger partial charge is 0.759 e. The Morgan fingerprint density at radius 3 is 1.61 bits per heavy atom. The van der Waals surface area contributed by atoms with Crippen LogP contribution in [0.1, 0.15) is 0 Å². The summed E-state index contributed by atoms with van der Waals surface area (Å²) >= 11 is -4.31. The van der Waals surface area contributed by atoms with Gasteiger partial charge in [0, 0.05) is 25.5 Å². The van der Waals surface area contributed by atoms with Crippen molar-refractivity contribution < 1.29 is 57.7 Å². The molecular weight excluding hydrogens is 377 g/mol. The topological polar surface area (TPSA) is 61.8 Å². The molecule has 0 bridgehead atoms. The first-order chi connectivity index (χ1) is 10.1. The van der Waals surface area contributed by atoms with Crippen LogP contribution in [0.15, 0.2) is 0 Å². The highest BCUT2D eigenvalue weighted by molar-refractivity contribution is 7.76. The van der Waals surface area contributed by atoms with Gasteiger partial charge in [-0.05, 0) is 0 Å². The summed E-state index contributed by atoms with van der Waals surface area (Å²) in [5.41, 5.74) is 0. The first-order valence-corrected chi connectivity index (χ1v) is 6.23. The van der Waals surface area contributed by atoms with Crippen LogP contribution in [-0.4, -0.2) is 64.2 Å². The molecule has 0 saturated carbocycles. The molecule has 0 aliphatic rings. The number of halogens is 9. The van der Waals surface area contributed by atoms with E-state index >= 15 is 0 Å². The molecule has 23 heavy (non-hydrogen) atoms. The smallest absolute Gasteiger partial charge is 0.460 e. The summed E-state index contributed by atoms with van der Waals surface area (Å²) in [4.78, 5) is 0. The Balaban J connectivity index is 5.91. The van der Waals surface area contributed by atoms with Gasteiger partial charge in [0.15, 0.2) is 6.29 Å². The lowest BCUT2D eigenvalue weighted by Crippen LogP contribution is -2.67. The summed E-state index contributed by atoms with van der Waals surface area (Å²) in [7, 11) is 1.50. The quantitative estimate of drug-likeness (QED) is 0.278. The van der Waals surface area contributed by atoms with Crippen molar-refractivity contribution in [1.29, 1.82) is 0 Å². The van der Waals surface area contributed by atoms with Crippen molar-refractivity contribution >= 4 is 11.3 Å². The van der Waals surface area contributed by atoms with Gasteiger partial charge in [-0.1, -0.05) is 0 Å². The summed E-state index contributed by atoms with van der Waals surface area (Å²) < 4.78 is 142. The molecule has 0 aromatic heterocycles. The van der Waals surface area contributed by atoms with Gasteiger partial charge in [0.2, 0.25) is 0 Å². The number of hydrogen-bond donors (Lipinski definition) is 0. The Kier molecular flexibility index (Phi) is 6.88. The maximum atomic E-state index is 13.5. The molecule has 0 rings (SSSR count). The maximum absolute atomic E-state index is 13.5. The molecule has 15 heteroatoms. The Labute approximate surface area is 125 Å². The molecule has 140 valence electrons. The van der Waals surface area contributed by atoms with Crippen molar-refractivity contribution in [2.24, 2.45) is 0 Å². The van der Waals surface area contributed by atoms with Gasteiger partial charge in [-0.3, -0.25) is 4.21 Å². The van der Waals surface area contributed by atoms with Gasteiger partial charge >= 0.3 is 24.1 Å². The predicted octanol–water partition coefficient (Wildman–Crippen LogP) is 2.13. The van der Waals surface area contributed by atoms with Gasteiger partial charge in [-0.25, -0.2) is 0 Å². The van der Waals surface area contributed by atoms with E-state index in [0.29, 0.717) is 0 Å². The lowest BCUT2D eigenvalue weighted by Gasteiger charge is -2.40. The van der Waals surface area contributed by atoms with E-state index in [1.807, 2.05) is 0 Å². The Morgan fingerprint density at radius 1 is 0.957 bits per heavy atom. The second kappa shape index (κ2) is 7.08. The Morgan fingerprint density at radius 2 is 1.35 bits per heavy atom. The molecule has 1 unspecified atom stereocenters. The third kappa shape index (κ3) is 4.07. The van der Waals surface area contributed by atoms with Gasteiger partial charge in [0.05, 0.1) is 6.54 Å². The second-order valence-corrected chi connectivity index (χ2v) is 4.74. The first kappa shape index (κ1) is 22.4. The van der Waals surface area contributed by atoms with Crippen LogP contribution in [0.4, 0.5) is 39.5 Å². The number of nitrogens with zero attached hydrogens (tertiary/aromatic N) is 1. The van der Waals surface area contributed by atoms with E-state index in [1.165, 1.54) is 0 Å². The van der Waals surface area contributed by atoms with Crippen LogP contribution in [-0.2, 0) is 20.7 Å². The summed E-state index contributed by atoms with van der Waals surface area (Å²) in [5.74, 6) is -14.3. The van der Waals surface area contributed by atoms with Crippen molar-refractivity contribution in [3.05, 3.63) is 0 Å². The average Bonchev–Trinajstić information content (AvgIpc) is 2.37. The first-order valence-electron chi connectivity index (χ1n) is 5.20. The van der Waals surface area contributed by atoms with E-state index in [1.54, 1.807) is 0 Å². The molecule has 0 aromatic rings. The zero-order valence-electron chi connectivity index (χ0n) is 11.2. The molecule has 1 atom stereocenters. The molecule has 0 amide bonds. The fourth-order valence-corrected chi connectivity index (χ4v) is 1.72. The van der Waals surface area contributed by atoms with E-state index < -0.39 is 52.5 Å². The molecule has 0 radical (unpaired) electrons. The molecular formula is C8H9F9NO4S-. The predicted molar refractivity (Wildman–Crippen MR) is 54.3 cm³/mol. The van der Waals surface area contributed by atoms with Crippen molar-refractivity contribution in [3.8, 4) is 0 Å². The van der Waals surface area contributed by atoms with E-state index in [2.05, 4.69) is 9.47 Å². The molecule has 0 aromatic carbocycles. The SMILES string of the molecule is COC(CN(S(=O)[O-])C(F)(F)C(F)(F)C(F)(F)C(F)(F)F)OC. The second-order valence-electron chi connectivity index (χ2n) is 3.87. The fraction of sp³-hybridized carbons (Fsp3) is 1.00. The fourth-order valence-electron chi connectivity index (χ4n) is 1.17. The van der Waals surface area contributed by atoms with Crippen LogP contribution in [0.5, 0.6) is 0 Å². The standard InChI is InChI=1S/C8H10F9NO4S/c1-21-4(22-2)3-18(23(19)20)8(16,17)6(11,12)5(9,10)7(13,14)15/h4H,3H2,1-2H3,(H,19,20)/p-1. The summed E-state index contributed by atoms with van der Waals surface area (Å²) in [6.45, 7) is -1.78. The number of ether oxygens (including phenoxy) is 2. The molecule has 0 heterocycles. The van der Waals surface area contributed by atoms with Crippen LogP contribution in [0.2, 0.25) is 0 Å². The van der Waals surface area contributed by atoms with Gasteiger partial charge < -0.3 is 14.0 Å². The summed E-state index contributed by atoms with van der Waals surface area (Å²) in [5, 5.41) is 0. The summed E-state index contributed by atoms with van der Waals surface area (Å²) in [6.07, 6.45) is -8.99. The van der Waals surface area contributed by atoms with Crippen molar-refractivity contribution in [1.82, 2.24) is 4.31 Å². The van der Waals surface area contributed by atoms with E-state index in [4.69, 9.17) is 0 Å². The van der Waals surface area contributed by atoms with Crippen LogP contribution in [0.3, 0.4) is 0 Å². The number of hydrogen-bond acceptors (Lipinski definition) is 4. The number of rotatable bonds is 8. The summed E-state index contributed by atoms with van der Waals surface area (Å²) in [6, 6.07) is -6.44. The normalized spacial score (nSPS) is 16.3. The number of methoxy groups -OCH3 is 2. The van der Waals surface area contributed by atoms with E-state index in [9.17, 15) is 48.3 Å². The van der Waals surface area contributed by atoms with Crippen molar-refractivity contribution in [2.45, 2.75) is 30.4 Å². The van der Waals surface area contributed by atoms with Gasteiger partial charge in [-0.2, -0.15) is 43.8 Å². The third-order valence-electron chi connectivity index (χ3n) is 2.46. The minimum atomic E-state index is -7.21. The molecule has 0 aliphatic heterocycles. The highest BCUT2D eigenvalue weighted by atomic mass is 32.2. The molecule has 0 fully saturated rings. The van der Waals surface area contributed by atoms with Gasteiger partial charge in [0.25, 0.3) is 0 Å². The van der Waals surface area contributed by atoms with E-state index in [-0.39, 0.29) is 0 Å². The maximum Gasteiger partial charge on any atom is 0.460 e. The lowest BCUT2D eigenvalue weighted by atomic mass is 10.1. The lowest BCUT2D eigenvalue weighted by molar-refractivity contribution is -0.412. The van der Waals surface area contributed by atoms with Crippen LogP contribution in [0.25, 0.3) is 0 Å². The average molecular weight is 386 g/mol. The van der Waals surface area contributed by atoms with Gasteiger partial charge in [0.1, 0.15) is 0 Å². The molecule has 0 aliphatic carbocycles. The van der Waals surface area contributed by atoms with Crippen LogP contribution >= 0.6 is 0 Å². The van der Waals surface area contributed by atoms with E-state index in [0.717, 1.165) is 14.2 Å². The molecule has 0 saturated heterocycles. The molecule has 5 nitrogen and oxygen atoms in total. The highest BCUT2D eigenvalue weighted by Gasteiger charge is 2.83.